The highest BCUT2D eigenvalue weighted by atomic mass is 35.5. The van der Waals surface area contributed by atoms with Gasteiger partial charge in [0.15, 0.2) is 0 Å². The van der Waals surface area contributed by atoms with E-state index in [9.17, 15) is 0 Å². The maximum absolute atomic E-state index is 9.07. The molecule has 0 fully saturated rings. The van der Waals surface area contributed by atoms with E-state index in [4.69, 9.17) is 16.7 Å². The molecule has 0 atom stereocenters. The standard InChI is InChI=1S/C10H13ClOS/c1-2-6-13-10-8(7-12)4-3-5-9(10)11/h3-5,12H,2,6-7H2,1H3. The fourth-order valence-electron chi connectivity index (χ4n) is 1.04. The highest BCUT2D eigenvalue weighted by Crippen LogP contribution is 2.30. The molecule has 72 valence electrons. The Bertz CT molecular complexity index is 276. The van der Waals surface area contributed by atoms with E-state index in [1.165, 1.54) is 0 Å². The Morgan fingerprint density at radius 3 is 2.85 bits per heavy atom. The first kappa shape index (κ1) is 10.9. The van der Waals surface area contributed by atoms with E-state index < -0.39 is 0 Å². The van der Waals surface area contributed by atoms with Crippen molar-refractivity contribution < 1.29 is 5.11 Å². The molecular weight excluding hydrogens is 204 g/mol. The minimum Gasteiger partial charge on any atom is -0.392 e. The van der Waals surface area contributed by atoms with E-state index in [-0.39, 0.29) is 6.61 Å². The number of hydrogen-bond donors (Lipinski definition) is 1. The normalized spacial score (nSPS) is 10.4. The molecule has 0 unspecified atom stereocenters. The Hall–Kier alpha value is -0.180. The molecule has 3 heteroatoms. The van der Waals surface area contributed by atoms with Crippen molar-refractivity contribution >= 4 is 23.4 Å². The summed E-state index contributed by atoms with van der Waals surface area (Å²) in [6, 6.07) is 5.63. The SMILES string of the molecule is CCCSc1c(Cl)cccc1CO. The Morgan fingerprint density at radius 1 is 1.46 bits per heavy atom. The Labute approximate surface area is 88.1 Å². The van der Waals surface area contributed by atoms with Crippen molar-refractivity contribution in [2.75, 3.05) is 5.75 Å². The first-order valence-corrected chi connectivity index (χ1v) is 5.67. The average molecular weight is 217 g/mol. The summed E-state index contributed by atoms with van der Waals surface area (Å²) in [4.78, 5) is 1.02. The van der Waals surface area contributed by atoms with E-state index in [2.05, 4.69) is 6.92 Å². The lowest BCUT2D eigenvalue weighted by Gasteiger charge is -2.07. The van der Waals surface area contributed by atoms with Gasteiger partial charge >= 0.3 is 0 Å². The smallest absolute Gasteiger partial charge is 0.0693 e. The van der Waals surface area contributed by atoms with E-state index in [1.807, 2.05) is 18.2 Å². The molecule has 0 heterocycles. The zero-order valence-corrected chi connectivity index (χ0v) is 9.16. The van der Waals surface area contributed by atoms with Gasteiger partial charge in [-0.3, -0.25) is 0 Å². The molecule has 0 aliphatic carbocycles. The van der Waals surface area contributed by atoms with Crippen LogP contribution in [0.15, 0.2) is 23.1 Å². The molecule has 1 aromatic rings. The van der Waals surface area contributed by atoms with E-state index in [0.717, 1.165) is 27.7 Å². The summed E-state index contributed by atoms with van der Waals surface area (Å²) in [6.07, 6.45) is 1.11. The second-order valence-electron chi connectivity index (χ2n) is 2.73. The van der Waals surface area contributed by atoms with Crippen molar-refractivity contribution in [1.82, 2.24) is 0 Å². The van der Waals surface area contributed by atoms with Gasteiger partial charge in [-0.05, 0) is 23.8 Å². The van der Waals surface area contributed by atoms with Crippen LogP contribution in [0.1, 0.15) is 18.9 Å². The van der Waals surface area contributed by atoms with Crippen LogP contribution >= 0.6 is 23.4 Å². The number of rotatable bonds is 4. The summed E-state index contributed by atoms with van der Waals surface area (Å²) in [6.45, 7) is 2.19. The van der Waals surface area contributed by atoms with Gasteiger partial charge in [0.2, 0.25) is 0 Å². The quantitative estimate of drug-likeness (QED) is 0.780. The lowest BCUT2D eigenvalue weighted by atomic mass is 10.2. The van der Waals surface area contributed by atoms with Gasteiger partial charge in [-0.15, -0.1) is 11.8 Å². The van der Waals surface area contributed by atoms with Crippen LogP contribution in [-0.2, 0) is 6.61 Å². The van der Waals surface area contributed by atoms with E-state index >= 15 is 0 Å². The van der Waals surface area contributed by atoms with Crippen molar-refractivity contribution in [3.63, 3.8) is 0 Å². The summed E-state index contributed by atoms with van der Waals surface area (Å²) < 4.78 is 0. The van der Waals surface area contributed by atoms with Crippen molar-refractivity contribution in [2.24, 2.45) is 0 Å². The van der Waals surface area contributed by atoms with Crippen LogP contribution < -0.4 is 0 Å². The molecule has 0 aromatic heterocycles. The molecule has 1 nitrogen and oxygen atoms in total. The molecule has 1 rings (SSSR count). The van der Waals surface area contributed by atoms with Crippen molar-refractivity contribution in [1.29, 1.82) is 0 Å². The first-order chi connectivity index (χ1) is 6.29. The monoisotopic (exact) mass is 216 g/mol. The fourth-order valence-corrected chi connectivity index (χ4v) is 2.33. The average Bonchev–Trinajstić information content (AvgIpc) is 2.15. The van der Waals surface area contributed by atoms with Crippen LogP contribution in [0.3, 0.4) is 0 Å². The zero-order chi connectivity index (χ0) is 9.68. The van der Waals surface area contributed by atoms with Gasteiger partial charge in [-0.1, -0.05) is 30.7 Å². The summed E-state index contributed by atoms with van der Waals surface area (Å²) >= 11 is 7.72. The predicted molar refractivity (Wildman–Crippen MR) is 58.4 cm³/mol. The molecule has 13 heavy (non-hydrogen) atoms. The van der Waals surface area contributed by atoms with E-state index in [0.29, 0.717) is 0 Å². The topological polar surface area (TPSA) is 20.2 Å². The van der Waals surface area contributed by atoms with Crippen LogP contribution in [0.5, 0.6) is 0 Å². The molecule has 0 radical (unpaired) electrons. The highest BCUT2D eigenvalue weighted by molar-refractivity contribution is 7.99. The van der Waals surface area contributed by atoms with Crippen LogP contribution in [0.25, 0.3) is 0 Å². The summed E-state index contributed by atoms with van der Waals surface area (Å²) in [5, 5.41) is 9.81. The van der Waals surface area contributed by atoms with Crippen molar-refractivity contribution in [3.8, 4) is 0 Å². The number of aliphatic hydroxyl groups excluding tert-OH is 1. The molecule has 0 saturated carbocycles. The molecule has 0 amide bonds. The predicted octanol–water partition coefficient (Wildman–Crippen LogP) is 3.33. The maximum atomic E-state index is 9.07. The zero-order valence-electron chi connectivity index (χ0n) is 7.59. The van der Waals surface area contributed by atoms with Crippen molar-refractivity contribution in [3.05, 3.63) is 28.8 Å². The molecule has 0 aliphatic heterocycles. The number of aliphatic hydroxyl groups is 1. The molecule has 1 N–H and O–H groups in total. The number of halogens is 1. The third-order valence-electron chi connectivity index (χ3n) is 1.67. The van der Waals surface area contributed by atoms with Crippen LogP contribution in [0.4, 0.5) is 0 Å². The minimum atomic E-state index is 0.0621. The first-order valence-electron chi connectivity index (χ1n) is 4.30. The molecule has 0 spiro atoms. The lowest BCUT2D eigenvalue weighted by Crippen LogP contribution is -1.89. The largest absolute Gasteiger partial charge is 0.392 e. The van der Waals surface area contributed by atoms with Gasteiger partial charge in [0.1, 0.15) is 0 Å². The van der Waals surface area contributed by atoms with Gasteiger partial charge in [-0.25, -0.2) is 0 Å². The Morgan fingerprint density at radius 2 is 2.23 bits per heavy atom. The lowest BCUT2D eigenvalue weighted by molar-refractivity contribution is 0.279. The number of hydrogen-bond acceptors (Lipinski definition) is 2. The molecule has 0 aliphatic rings. The third kappa shape index (κ3) is 2.90. The van der Waals surface area contributed by atoms with Crippen LogP contribution in [0.2, 0.25) is 5.02 Å². The van der Waals surface area contributed by atoms with Gasteiger partial charge in [-0.2, -0.15) is 0 Å². The van der Waals surface area contributed by atoms with Crippen molar-refractivity contribution in [2.45, 2.75) is 24.8 Å². The number of thioether (sulfide) groups is 1. The molecule has 1 aromatic carbocycles. The minimum absolute atomic E-state index is 0.0621. The molecule has 0 saturated heterocycles. The second-order valence-corrected chi connectivity index (χ2v) is 4.25. The Balaban J connectivity index is 2.87. The second kappa shape index (κ2) is 5.53. The fraction of sp³-hybridized carbons (Fsp3) is 0.400. The van der Waals surface area contributed by atoms with Crippen LogP contribution in [0, 0.1) is 0 Å². The van der Waals surface area contributed by atoms with Gasteiger partial charge < -0.3 is 5.11 Å². The molecule has 0 bridgehead atoms. The van der Waals surface area contributed by atoms with Gasteiger partial charge in [0, 0.05) is 4.90 Å². The Kier molecular flexibility index (Phi) is 4.64. The third-order valence-corrected chi connectivity index (χ3v) is 3.48. The van der Waals surface area contributed by atoms with Gasteiger partial charge in [0.05, 0.1) is 11.6 Å². The maximum Gasteiger partial charge on any atom is 0.0693 e. The van der Waals surface area contributed by atoms with E-state index in [1.54, 1.807) is 11.8 Å². The summed E-state index contributed by atoms with van der Waals surface area (Å²) in [5.74, 6) is 1.04. The summed E-state index contributed by atoms with van der Waals surface area (Å²) in [7, 11) is 0. The van der Waals surface area contributed by atoms with Gasteiger partial charge in [0.25, 0.3) is 0 Å². The summed E-state index contributed by atoms with van der Waals surface area (Å²) in [5.41, 5.74) is 0.922. The van der Waals surface area contributed by atoms with Crippen LogP contribution in [-0.4, -0.2) is 10.9 Å². The molecular formula is C10H13ClOS. The highest BCUT2D eigenvalue weighted by Gasteiger charge is 2.05. The number of benzene rings is 1.